The fourth-order valence-corrected chi connectivity index (χ4v) is 1.60. The van der Waals surface area contributed by atoms with Gasteiger partial charge in [-0.2, -0.15) is 10.2 Å². The number of aromatic nitrogens is 2. The topological polar surface area (TPSA) is 42.9 Å². The lowest BCUT2D eigenvalue weighted by Crippen LogP contribution is -2.13. The number of rotatable bonds is 3. The lowest BCUT2D eigenvalue weighted by atomic mass is 9.96. The monoisotopic (exact) mass is 248 g/mol. The van der Waals surface area contributed by atoms with Gasteiger partial charge in [0.25, 0.3) is 0 Å². The van der Waals surface area contributed by atoms with Crippen molar-refractivity contribution in [2.45, 2.75) is 12.8 Å². The average molecular weight is 248 g/mol. The van der Waals surface area contributed by atoms with Crippen molar-refractivity contribution >= 4 is 5.78 Å². The summed E-state index contributed by atoms with van der Waals surface area (Å²) in [5.41, 5.74) is 0.306. The minimum absolute atomic E-state index is 0.144. The molecular formula is C13H10F2N2O. The van der Waals surface area contributed by atoms with Gasteiger partial charge in [0.15, 0.2) is 5.78 Å². The van der Waals surface area contributed by atoms with Crippen molar-refractivity contribution < 1.29 is 13.6 Å². The first-order valence-corrected chi connectivity index (χ1v) is 5.36. The number of carbonyl (C=O) groups excluding carboxylic acids is 1. The number of benzene rings is 1. The second-order valence-corrected chi connectivity index (χ2v) is 3.86. The molecule has 0 aliphatic carbocycles. The lowest BCUT2D eigenvalue weighted by Gasteiger charge is -2.09. The van der Waals surface area contributed by atoms with Crippen molar-refractivity contribution in [2.75, 3.05) is 0 Å². The number of halogens is 2. The summed E-state index contributed by atoms with van der Waals surface area (Å²) in [4.78, 5) is 12.0. The Kier molecular flexibility index (Phi) is 3.41. The summed E-state index contributed by atoms with van der Waals surface area (Å²) < 4.78 is 26.2. The Bertz CT molecular complexity index is 572. The van der Waals surface area contributed by atoms with Crippen LogP contribution in [-0.4, -0.2) is 16.0 Å². The van der Waals surface area contributed by atoms with Gasteiger partial charge >= 0.3 is 0 Å². The van der Waals surface area contributed by atoms with Crippen LogP contribution in [-0.2, 0) is 0 Å². The van der Waals surface area contributed by atoms with Crippen molar-refractivity contribution in [1.82, 2.24) is 10.2 Å². The molecule has 1 aromatic carbocycles. The molecule has 0 aliphatic rings. The van der Waals surface area contributed by atoms with Crippen LogP contribution in [0.4, 0.5) is 8.78 Å². The predicted octanol–water partition coefficient (Wildman–Crippen LogP) is 2.74. The highest BCUT2D eigenvalue weighted by Crippen LogP contribution is 2.20. The number of Topliss-reactive ketones (excluding diaryl/α,β-unsaturated/α-hetero) is 1. The average Bonchev–Trinajstić information content (AvgIpc) is 2.38. The zero-order valence-electron chi connectivity index (χ0n) is 9.60. The molecule has 1 aromatic heterocycles. The van der Waals surface area contributed by atoms with Crippen molar-refractivity contribution in [3.8, 4) is 0 Å². The van der Waals surface area contributed by atoms with Gasteiger partial charge in [0.05, 0.1) is 17.2 Å². The Balaban J connectivity index is 2.32. The molecule has 0 aliphatic heterocycles. The van der Waals surface area contributed by atoms with Gasteiger partial charge in [0.2, 0.25) is 0 Å². The molecule has 1 heterocycles. The van der Waals surface area contributed by atoms with Crippen LogP contribution in [0.5, 0.6) is 0 Å². The maximum Gasteiger partial charge on any atom is 0.174 e. The van der Waals surface area contributed by atoms with Gasteiger partial charge in [-0.15, -0.1) is 0 Å². The summed E-state index contributed by atoms with van der Waals surface area (Å²) >= 11 is 0. The molecule has 0 fully saturated rings. The zero-order chi connectivity index (χ0) is 13.1. The Morgan fingerprint density at radius 2 is 2.06 bits per heavy atom. The van der Waals surface area contributed by atoms with E-state index in [9.17, 15) is 13.6 Å². The maximum absolute atomic E-state index is 13.5. The second-order valence-electron chi connectivity index (χ2n) is 3.86. The van der Waals surface area contributed by atoms with Crippen molar-refractivity contribution in [2.24, 2.45) is 0 Å². The van der Waals surface area contributed by atoms with Crippen LogP contribution in [0.1, 0.15) is 28.9 Å². The van der Waals surface area contributed by atoms with E-state index in [4.69, 9.17) is 0 Å². The highest BCUT2D eigenvalue weighted by molar-refractivity contribution is 6.00. The first-order valence-electron chi connectivity index (χ1n) is 5.36. The fraction of sp³-hybridized carbons (Fsp3) is 0.154. The SMILES string of the molecule is CC(C(=O)c1ccc(F)cc1F)c1cccnn1. The maximum atomic E-state index is 13.5. The van der Waals surface area contributed by atoms with Gasteiger partial charge in [-0.1, -0.05) is 0 Å². The van der Waals surface area contributed by atoms with Gasteiger partial charge in [0, 0.05) is 12.3 Å². The third-order valence-corrected chi connectivity index (χ3v) is 2.63. The third kappa shape index (κ3) is 2.40. The molecule has 18 heavy (non-hydrogen) atoms. The van der Waals surface area contributed by atoms with Gasteiger partial charge < -0.3 is 0 Å². The number of hydrogen-bond donors (Lipinski definition) is 0. The van der Waals surface area contributed by atoms with E-state index >= 15 is 0 Å². The summed E-state index contributed by atoms with van der Waals surface area (Å²) in [5, 5.41) is 7.47. The fourth-order valence-electron chi connectivity index (χ4n) is 1.60. The third-order valence-electron chi connectivity index (χ3n) is 2.63. The molecule has 2 rings (SSSR count). The number of ketones is 1. The van der Waals surface area contributed by atoms with E-state index in [1.807, 2.05) is 0 Å². The first kappa shape index (κ1) is 12.3. The predicted molar refractivity (Wildman–Crippen MR) is 61.1 cm³/mol. The number of nitrogens with zero attached hydrogens (tertiary/aromatic N) is 2. The molecule has 3 nitrogen and oxygen atoms in total. The van der Waals surface area contributed by atoms with E-state index in [1.165, 1.54) is 6.20 Å². The van der Waals surface area contributed by atoms with E-state index in [-0.39, 0.29) is 5.56 Å². The Morgan fingerprint density at radius 1 is 1.28 bits per heavy atom. The molecule has 1 unspecified atom stereocenters. The summed E-state index contributed by atoms with van der Waals surface area (Å²) in [6, 6.07) is 6.17. The normalized spacial score (nSPS) is 12.2. The molecule has 0 radical (unpaired) electrons. The van der Waals surface area contributed by atoms with Crippen molar-refractivity contribution in [3.63, 3.8) is 0 Å². The molecule has 0 saturated heterocycles. The van der Waals surface area contributed by atoms with E-state index in [0.29, 0.717) is 11.8 Å². The molecular weight excluding hydrogens is 238 g/mol. The van der Waals surface area contributed by atoms with E-state index in [1.54, 1.807) is 19.1 Å². The highest BCUT2D eigenvalue weighted by Gasteiger charge is 2.21. The first-order chi connectivity index (χ1) is 8.59. The van der Waals surface area contributed by atoms with Gasteiger partial charge in [-0.25, -0.2) is 8.78 Å². The molecule has 0 saturated carbocycles. The number of carbonyl (C=O) groups is 1. The zero-order valence-corrected chi connectivity index (χ0v) is 9.60. The van der Waals surface area contributed by atoms with Gasteiger partial charge in [0.1, 0.15) is 11.6 Å². The summed E-state index contributed by atoms with van der Waals surface area (Å²) in [6.07, 6.45) is 1.49. The number of hydrogen-bond acceptors (Lipinski definition) is 3. The van der Waals surface area contributed by atoms with Crippen molar-refractivity contribution in [3.05, 3.63) is 59.4 Å². The molecule has 5 heteroatoms. The highest BCUT2D eigenvalue weighted by atomic mass is 19.1. The van der Waals surface area contributed by atoms with E-state index < -0.39 is 23.3 Å². The van der Waals surface area contributed by atoms with Crippen LogP contribution in [0.3, 0.4) is 0 Å². The van der Waals surface area contributed by atoms with Crippen LogP contribution in [0.15, 0.2) is 36.5 Å². The molecule has 1 atom stereocenters. The van der Waals surface area contributed by atoms with E-state index in [0.717, 1.165) is 12.1 Å². The summed E-state index contributed by atoms with van der Waals surface area (Å²) in [6.45, 7) is 1.61. The molecule has 0 spiro atoms. The van der Waals surface area contributed by atoms with Crippen LogP contribution >= 0.6 is 0 Å². The lowest BCUT2D eigenvalue weighted by molar-refractivity contribution is 0.0960. The molecule has 92 valence electrons. The summed E-state index contributed by atoms with van der Waals surface area (Å²) in [5.74, 6) is -2.65. The molecule has 0 N–H and O–H groups in total. The van der Waals surface area contributed by atoms with Crippen LogP contribution in [0.2, 0.25) is 0 Å². The smallest absolute Gasteiger partial charge is 0.174 e. The minimum Gasteiger partial charge on any atom is -0.293 e. The largest absolute Gasteiger partial charge is 0.293 e. The Labute approximate surface area is 102 Å². The Morgan fingerprint density at radius 3 is 2.67 bits per heavy atom. The molecule has 2 aromatic rings. The van der Waals surface area contributed by atoms with Gasteiger partial charge in [-0.3, -0.25) is 4.79 Å². The molecule has 0 bridgehead atoms. The standard InChI is InChI=1S/C13H10F2N2O/c1-8(12-3-2-6-16-17-12)13(18)10-5-4-9(14)7-11(10)15/h2-8H,1H3. The van der Waals surface area contributed by atoms with Gasteiger partial charge in [-0.05, 0) is 31.2 Å². The van der Waals surface area contributed by atoms with E-state index in [2.05, 4.69) is 10.2 Å². The second kappa shape index (κ2) is 5.00. The van der Waals surface area contributed by atoms with Crippen molar-refractivity contribution in [1.29, 1.82) is 0 Å². The molecule has 0 amide bonds. The Hall–Kier alpha value is -2.17. The van der Waals surface area contributed by atoms with Crippen LogP contribution < -0.4 is 0 Å². The summed E-state index contributed by atoms with van der Waals surface area (Å²) in [7, 11) is 0. The van der Waals surface area contributed by atoms with Crippen LogP contribution in [0.25, 0.3) is 0 Å². The minimum atomic E-state index is -0.865. The quantitative estimate of drug-likeness (QED) is 0.784. The van der Waals surface area contributed by atoms with Crippen LogP contribution in [0, 0.1) is 11.6 Å².